The Bertz CT molecular complexity index is 1070. The van der Waals surface area contributed by atoms with E-state index in [1.165, 1.54) is 4.90 Å². The highest BCUT2D eigenvalue weighted by molar-refractivity contribution is 7.80. The van der Waals surface area contributed by atoms with Crippen LogP contribution >= 0.6 is 12.2 Å². The van der Waals surface area contributed by atoms with Crippen LogP contribution in [0.15, 0.2) is 61.2 Å². The molecule has 8 nitrogen and oxygen atoms in total. The number of hydrogen-bond donors (Lipinski definition) is 1. The third-order valence-electron chi connectivity index (χ3n) is 5.11. The molecule has 0 spiro atoms. The molecular weight excluding hydrogens is 454 g/mol. The van der Waals surface area contributed by atoms with Gasteiger partial charge in [-0.3, -0.25) is 14.5 Å². The number of ether oxygens (including phenoxy) is 2. The summed E-state index contributed by atoms with van der Waals surface area (Å²) in [6.45, 7) is 8.50. The summed E-state index contributed by atoms with van der Waals surface area (Å²) >= 11 is 5.56. The fourth-order valence-electron chi connectivity index (χ4n) is 3.57. The number of nitrogens with one attached hydrogen (secondary N) is 1. The smallest absolute Gasteiger partial charge is 0.338 e. The van der Waals surface area contributed by atoms with Crippen LogP contribution in [0.25, 0.3) is 0 Å². The van der Waals surface area contributed by atoms with E-state index < -0.39 is 12.0 Å². The predicted molar refractivity (Wildman–Crippen MR) is 134 cm³/mol. The van der Waals surface area contributed by atoms with E-state index in [1.807, 2.05) is 6.92 Å². The summed E-state index contributed by atoms with van der Waals surface area (Å²) in [7, 11) is 0. The number of hydrogen-bond acceptors (Lipinski definition) is 6. The van der Waals surface area contributed by atoms with Crippen LogP contribution in [0, 0.1) is 0 Å². The fraction of sp³-hybridized carbons (Fsp3) is 0.280. The number of anilines is 2. The van der Waals surface area contributed by atoms with Gasteiger partial charge in [0.1, 0.15) is 11.8 Å². The molecule has 1 N–H and O–H groups in total. The first kappa shape index (κ1) is 24.9. The lowest BCUT2D eigenvalue weighted by Crippen LogP contribution is -2.37. The van der Waals surface area contributed by atoms with Gasteiger partial charge in [-0.15, -0.1) is 6.58 Å². The minimum atomic E-state index is -0.780. The molecule has 2 aromatic carbocycles. The highest BCUT2D eigenvalue weighted by atomic mass is 32.1. The van der Waals surface area contributed by atoms with Crippen LogP contribution in [0.1, 0.15) is 30.6 Å². The van der Waals surface area contributed by atoms with Gasteiger partial charge in [-0.1, -0.05) is 6.08 Å². The van der Waals surface area contributed by atoms with Gasteiger partial charge in [0.25, 0.3) is 5.91 Å². The van der Waals surface area contributed by atoms with Gasteiger partial charge in [0.15, 0.2) is 5.11 Å². The Morgan fingerprint density at radius 2 is 1.76 bits per heavy atom. The molecule has 0 saturated carbocycles. The van der Waals surface area contributed by atoms with E-state index in [-0.39, 0.29) is 30.0 Å². The van der Waals surface area contributed by atoms with Gasteiger partial charge in [-0.25, -0.2) is 4.79 Å². The Kier molecular flexibility index (Phi) is 8.37. The fourth-order valence-corrected chi connectivity index (χ4v) is 3.96. The van der Waals surface area contributed by atoms with E-state index in [1.54, 1.807) is 66.4 Å². The first-order chi connectivity index (χ1) is 16.4. The number of benzene rings is 2. The van der Waals surface area contributed by atoms with Crippen LogP contribution in [0.2, 0.25) is 0 Å². The zero-order chi connectivity index (χ0) is 24.7. The van der Waals surface area contributed by atoms with Crippen LogP contribution in [0.5, 0.6) is 5.75 Å². The van der Waals surface area contributed by atoms with Gasteiger partial charge in [-0.05, 0) is 74.6 Å². The lowest BCUT2D eigenvalue weighted by atomic mass is 10.1. The lowest BCUT2D eigenvalue weighted by Gasteiger charge is -2.22. The molecule has 2 amide bonds. The molecule has 1 unspecified atom stereocenters. The SMILES string of the molecule is C=CCN1C(=S)N(c2ccc(C(=O)OCC)cc2)C(=O)C1CC(=O)Nc1ccc(OCC)cc1. The summed E-state index contributed by atoms with van der Waals surface area (Å²) in [5, 5.41) is 3.08. The molecule has 1 saturated heterocycles. The number of carbonyl (C=O) groups is 3. The number of rotatable bonds is 10. The second-order valence-electron chi connectivity index (χ2n) is 7.39. The zero-order valence-corrected chi connectivity index (χ0v) is 20.0. The molecule has 178 valence electrons. The van der Waals surface area contributed by atoms with Crippen molar-refractivity contribution in [1.29, 1.82) is 0 Å². The first-order valence-corrected chi connectivity index (χ1v) is 11.4. The van der Waals surface area contributed by atoms with E-state index in [9.17, 15) is 14.4 Å². The summed E-state index contributed by atoms with van der Waals surface area (Å²) in [5.41, 5.74) is 1.48. The average molecular weight is 482 g/mol. The molecule has 0 bridgehead atoms. The van der Waals surface area contributed by atoms with Crippen molar-refractivity contribution in [2.24, 2.45) is 0 Å². The number of esters is 1. The maximum atomic E-state index is 13.3. The van der Waals surface area contributed by atoms with Crippen molar-refractivity contribution in [3.8, 4) is 5.75 Å². The highest BCUT2D eigenvalue weighted by Gasteiger charge is 2.43. The van der Waals surface area contributed by atoms with Crippen molar-refractivity contribution in [3.63, 3.8) is 0 Å². The van der Waals surface area contributed by atoms with E-state index >= 15 is 0 Å². The van der Waals surface area contributed by atoms with E-state index in [2.05, 4.69) is 11.9 Å². The van der Waals surface area contributed by atoms with Crippen molar-refractivity contribution >= 4 is 46.5 Å². The van der Waals surface area contributed by atoms with Gasteiger partial charge >= 0.3 is 5.97 Å². The molecule has 1 atom stereocenters. The molecule has 1 heterocycles. The van der Waals surface area contributed by atoms with Gasteiger partial charge in [0, 0.05) is 12.2 Å². The molecule has 9 heteroatoms. The van der Waals surface area contributed by atoms with Crippen molar-refractivity contribution in [2.45, 2.75) is 26.3 Å². The number of carbonyl (C=O) groups excluding carboxylic acids is 3. The predicted octanol–water partition coefficient (Wildman–Crippen LogP) is 3.78. The lowest BCUT2D eigenvalue weighted by molar-refractivity contribution is -0.124. The molecular formula is C25H27N3O5S. The van der Waals surface area contributed by atoms with Crippen LogP contribution in [0.3, 0.4) is 0 Å². The van der Waals surface area contributed by atoms with Gasteiger partial charge in [0.2, 0.25) is 5.91 Å². The molecule has 0 aliphatic carbocycles. The summed E-state index contributed by atoms with van der Waals surface area (Å²) in [5.74, 6) is -0.378. The quantitative estimate of drug-likeness (QED) is 0.314. The monoisotopic (exact) mass is 481 g/mol. The van der Waals surface area contributed by atoms with E-state index in [0.29, 0.717) is 35.8 Å². The third-order valence-corrected chi connectivity index (χ3v) is 5.53. The molecule has 3 rings (SSSR count). The second-order valence-corrected chi connectivity index (χ2v) is 7.76. The number of amides is 2. The zero-order valence-electron chi connectivity index (χ0n) is 19.2. The van der Waals surface area contributed by atoms with Crippen LogP contribution < -0.4 is 15.0 Å². The maximum Gasteiger partial charge on any atom is 0.338 e. The molecule has 0 aromatic heterocycles. The van der Waals surface area contributed by atoms with Crippen LogP contribution in [-0.4, -0.2) is 53.6 Å². The number of thiocarbonyl (C=S) groups is 1. The molecule has 34 heavy (non-hydrogen) atoms. The Morgan fingerprint density at radius 3 is 2.35 bits per heavy atom. The molecule has 0 radical (unpaired) electrons. The topological polar surface area (TPSA) is 88.2 Å². The number of nitrogens with zero attached hydrogens (tertiary/aromatic N) is 2. The van der Waals surface area contributed by atoms with Gasteiger partial charge < -0.3 is 19.7 Å². The molecule has 1 aliphatic rings. The minimum Gasteiger partial charge on any atom is -0.494 e. The van der Waals surface area contributed by atoms with E-state index in [0.717, 1.165) is 0 Å². The van der Waals surface area contributed by atoms with Crippen LogP contribution in [0.4, 0.5) is 11.4 Å². The third kappa shape index (κ3) is 5.60. The van der Waals surface area contributed by atoms with Crippen molar-refractivity contribution < 1.29 is 23.9 Å². The Morgan fingerprint density at radius 1 is 1.09 bits per heavy atom. The second kappa shape index (κ2) is 11.4. The van der Waals surface area contributed by atoms with Gasteiger partial charge in [0.05, 0.1) is 30.9 Å². The molecule has 1 fully saturated rings. The Balaban J connectivity index is 1.74. The van der Waals surface area contributed by atoms with Gasteiger partial charge in [-0.2, -0.15) is 0 Å². The first-order valence-electron chi connectivity index (χ1n) is 10.9. The normalized spacial score (nSPS) is 15.3. The van der Waals surface area contributed by atoms with E-state index in [4.69, 9.17) is 21.7 Å². The van der Waals surface area contributed by atoms with Crippen molar-refractivity contribution in [1.82, 2.24) is 4.90 Å². The standard InChI is InChI=1S/C25H27N3O5S/c1-4-15-27-21(16-22(29)26-18-9-13-20(14-10-18)32-5-2)23(30)28(25(27)34)19-11-7-17(8-12-19)24(31)33-6-3/h4,7-14,21H,1,5-6,15-16H2,2-3H3,(H,26,29). The van der Waals surface area contributed by atoms with Crippen LogP contribution in [-0.2, 0) is 14.3 Å². The maximum absolute atomic E-state index is 13.3. The summed E-state index contributed by atoms with van der Waals surface area (Å²) in [4.78, 5) is 41.0. The Labute approximate surface area is 204 Å². The molecule has 1 aliphatic heterocycles. The van der Waals surface area contributed by atoms with Crippen molar-refractivity contribution in [3.05, 3.63) is 66.7 Å². The summed E-state index contributed by atoms with van der Waals surface area (Å²) in [6, 6.07) is 12.6. The summed E-state index contributed by atoms with van der Waals surface area (Å²) in [6.07, 6.45) is 1.54. The van der Waals surface area contributed by atoms with Crippen molar-refractivity contribution in [2.75, 3.05) is 30.0 Å². The summed E-state index contributed by atoms with van der Waals surface area (Å²) < 4.78 is 10.4. The Hall–Kier alpha value is -3.72. The highest BCUT2D eigenvalue weighted by Crippen LogP contribution is 2.28. The average Bonchev–Trinajstić information content (AvgIpc) is 3.05. The largest absolute Gasteiger partial charge is 0.494 e. The molecule has 2 aromatic rings. The minimum absolute atomic E-state index is 0.0859.